The third kappa shape index (κ3) is 3.65. The van der Waals surface area contributed by atoms with Gasteiger partial charge in [0.2, 0.25) is 5.88 Å². The normalized spacial score (nSPS) is 17.9. The summed E-state index contributed by atoms with van der Waals surface area (Å²) in [5, 5.41) is 1.10. The number of hydrogen-bond acceptors (Lipinski definition) is 4. The van der Waals surface area contributed by atoms with Gasteiger partial charge in [-0.25, -0.2) is 4.98 Å². The Bertz CT molecular complexity index is 850. The zero-order valence-corrected chi connectivity index (χ0v) is 14.3. The molecular weight excluding hydrogens is 310 g/mol. The van der Waals surface area contributed by atoms with E-state index in [1.165, 1.54) is 5.56 Å². The lowest BCUT2D eigenvalue weighted by Gasteiger charge is -2.18. The Balaban J connectivity index is 1.46. The molecule has 0 amide bonds. The fraction of sp³-hybridized carbons (Fsp3) is 0.286. The highest BCUT2D eigenvalue weighted by atomic mass is 16.5. The molecule has 2 N–H and O–H groups in total. The van der Waals surface area contributed by atoms with Crippen LogP contribution in [0.1, 0.15) is 17.5 Å². The number of aromatic nitrogens is 1. The number of fused-ring (bicyclic) bond motifs is 1. The molecule has 4 heteroatoms. The van der Waals surface area contributed by atoms with Crippen LogP contribution in [0, 0.1) is 0 Å². The van der Waals surface area contributed by atoms with Gasteiger partial charge in [0, 0.05) is 37.1 Å². The third-order valence-electron chi connectivity index (χ3n) is 4.74. The average molecular weight is 333 g/mol. The van der Waals surface area contributed by atoms with Gasteiger partial charge in [-0.2, -0.15) is 0 Å². The largest absolute Gasteiger partial charge is 0.473 e. The fourth-order valence-electron chi connectivity index (χ4n) is 3.43. The number of para-hydroxylation sites is 1. The fourth-order valence-corrected chi connectivity index (χ4v) is 3.43. The Hall–Kier alpha value is -2.43. The van der Waals surface area contributed by atoms with Gasteiger partial charge in [0.1, 0.15) is 6.10 Å². The minimum absolute atomic E-state index is 0.169. The third-order valence-corrected chi connectivity index (χ3v) is 4.74. The molecule has 0 spiro atoms. The standard InChI is InChI=1S/C21H23N3O/c22-13-18-12-17-8-4-5-9-20(17)23-21(18)25-19-10-11-24(15-19)14-16-6-2-1-3-7-16/h1-9,12,19H,10-11,13-15,22H2. The highest BCUT2D eigenvalue weighted by Gasteiger charge is 2.25. The minimum atomic E-state index is 0.169. The average Bonchev–Trinajstić information content (AvgIpc) is 3.09. The van der Waals surface area contributed by atoms with E-state index in [-0.39, 0.29) is 6.10 Å². The summed E-state index contributed by atoms with van der Waals surface area (Å²) in [6.45, 7) is 3.38. The first-order valence-corrected chi connectivity index (χ1v) is 8.83. The predicted octanol–water partition coefficient (Wildman–Crippen LogP) is 3.35. The quantitative estimate of drug-likeness (QED) is 0.778. The van der Waals surface area contributed by atoms with Crippen LogP contribution >= 0.6 is 0 Å². The van der Waals surface area contributed by atoms with Gasteiger partial charge in [-0.1, -0.05) is 48.5 Å². The van der Waals surface area contributed by atoms with Crippen molar-refractivity contribution >= 4 is 10.9 Å². The van der Waals surface area contributed by atoms with E-state index >= 15 is 0 Å². The highest BCUT2D eigenvalue weighted by molar-refractivity contribution is 5.80. The second-order valence-electron chi connectivity index (χ2n) is 6.60. The van der Waals surface area contributed by atoms with E-state index in [4.69, 9.17) is 15.5 Å². The van der Waals surface area contributed by atoms with Crippen LogP contribution in [0.3, 0.4) is 0 Å². The van der Waals surface area contributed by atoms with Crippen LogP contribution in [0.25, 0.3) is 10.9 Å². The second-order valence-corrected chi connectivity index (χ2v) is 6.60. The molecule has 128 valence electrons. The second kappa shape index (κ2) is 7.21. The number of pyridine rings is 1. The summed E-state index contributed by atoms with van der Waals surface area (Å²) < 4.78 is 6.24. The molecule has 4 rings (SSSR count). The van der Waals surface area contributed by atoms with Crippen LogP contribution < -0.4 is 10.5 Å². The first kappa shape index (κ1) is 16.1. The van der Waals surface area contributed by atoms with Crippen molar-refractivity contribution in [1.82, 2.24) is 9.88 Å². The summed E-state index contributed by atoms with van der Waals surface area (Å²) in [6, 6.07) is 20.8. The van der Waals surface area contributed by atoms with Crippen LogP contribution in [0.2, 0.25) is 0 Å². The van der Waals surface area contributed by atoms with E-state index in [1.807, 2.05) is 18.2 Å². The van der Waals surface area contributed by atoms with E-state index in [1.54, 1.807) is 0 Å². The maximum Gasteiger partial charge on any atom is 0.218 e. The maximum atomic E-state index is 6.24. The number of ether oxygens (including phenoxy) is 1. The van der Waals surface area contributed by atoms with Crippen molar-refractivity contribution in [3.8, 4) is 5.88 Å². The molecule has 1 aliphatic rings. The summed E-state index contributed by atoms with van der Waals surface area (Å²) in [7, 11) is 0. The van der Waals surface area contributed by atoms with Crippen molar-refractivity contribution < 1.29 is 4.74 Å². The molecule has 0 bridgehead atoms. The van der Waals surface area contributed by atoms with E-state index in [2.05, 4.69) is 47.4 Å². The van der Waals surface area contributed by atoms with Crippen molar-refractivity contribution in [2.75, 3.05) is 13.1 Å². The molecule has 2 aromatic carbocycles. The number of likely N-dealkylation sites (tertiary alicyclic amines) is 1. The van der Waals surface area contributed by atoms with Gasteiger partial charge < -0.3 is 10.5 Å². The highest BCUT2D eigenvalue weighted by Crippen LogP contribution is 2.25. The van der Waals surface area contributed by atoms with Crippen LogP contribution in [-0.4, -0.2) is 29.1 Å². The van der Waals surface area contributed by atoms with Crippen LogP contribution in [0.5, 0.6) is 5.88 Å². The number of rotatable bonds is 5. The van der Waals surface area contributed by atoms with E-state index in [0.29, 0.717) is 12.4 Å². The molecule has 1 aromatic heterocycles. The number of benzene rings is 2. The van der Waals surface area contributed by atoms with E-state index < -0.39 is 0 Å². The smallest absolute Gasteiger partial charge is 0.218 e. The van der Waals surface area contributed by atoms with E-state index in [0.717, 1.165) is 42.5 Å². The Morgan fingerprint density at radius 3 is 2.72 bits per heavy atom. The predicted molar refractivity (Wildman–Crippen MR) is 100 cm³/mol. The van der Waals surface area contributed by atoms with Crippen molar-refractivity contribution in [2.24, 2.45) is 5.73 Å². The van der Waals surface area contributed by atoms with Crippen molar-refractivity contribution in [3.05, 3.63) is 71.8 Å². The Morgan fingerprint density at radius 2 is 1.88 bits per heavy atom. The summed E-state index contributed by atoms with van der Waals surface area (Å²) in [5.41, 5.74) is 9.18. The molecule has 1 unspecified atom stereocenters. The molecule has 1 atom stereocenters. The minimum Gasteiger partial charge on any atom is -0.473 e. The first-order valence-electron chi connectivity index (χ1n) is 8.83. The monoisotopic (exact) mass is 333 g/mol. The molecular formula is C21H23N3O. The van der Waals surface area contributed by atoms with Gasteiger partial charge in [0.05, 0.1) is 5.52 Å². The lowest BCUT2D eigenvalue weighted by Crippen LogP contribution is -2.25. The van der Waals surface area contributed by atoms with Crippen LogP contribution in [0.4, 0.5) is 0 Å². The molecule has 0 aliphatic carbocycles. The molecule has 1 aliphatic heterocycles. The number of nitrogens with two attached hydrogens (primary N) is 1. The molecule has 0 saturated carbocycles. The number of nitrogens with zero attached hydrogens (tertiary/aromatic N) is 2. The van der Waals surface area contributed by atoms with Gasteiger partial charge in [0.15, 0.2) is 0 Å². The lowest BCUT2D eigenvalue weighted by molar-refractivity contribution is 0.190. The van der Waals surface area contributed by atoms with Gasteiger partial charge in [-0.05, 0) is 24.1 Å². The van der Waals surface area contributed by atoms with Gasteiger partial charge in [-0.15, -0.1) is 0 Å². The first-order chi connectivity index (χ1) is 12.3. The van der Waals surface area contributed by atoms with Crippen LogP contribution in [-0.2, 0) is 13.1 Å². The summed E-state index contributed by atoms with van der Waals surface area (Å²) in [4.78, 5) is 7.13. The molecule has 4 nitrogen and oxygen atoms in total. The van der Waals surface area contributed by atoms with Gasteiger partial charge in [-0.3, -0.25) is 4.90 Å². The van der Waals surface area contributed by atoms with Gasteiger partial charge >= 0.3 is 0 Å². The van der Waals surface area contributed by atoms with Crippen LogP contribution in [0.15, 0.2) is 60.7 Å². The summed E-state index contributed by atoms with van der Waals surface area (Å²) in [6.07, 6.45) is 1.19. The lowest BCUT2D eigenvalue weighted by atomic mass is 10.1. The van der Waals surface area contributed by atoms with Gasteiger partial charge in [0.25, 0.3) is 0 Å². The van der Waals surface area contributed by atoms with Crippen molar-refractivity contribution in [2.45, 2.75) is 25.6 Å². The molecule has 3 aromatic rings. The topological polar surface area (TPSA) is 51.4 Å². The molecule has 25 heavy (non-hydrogen) atoms. The SMILES string of the molecule is NCc1cc2ccccc2nc1OC1CCN(Cc2ccccc2)C1. The maximum absolute atomic E-state index is 6.24. The number of hydrogen-bond donors (Lipinski definition) is 1. The molecule has 1 fully saturated rings. The summed E-state index contributed by atoms with van der Waals surface area (Å²) in [5.74, 6) is 0.688. The Labute approximate surface area is 148 Å². The van der Waals surface area contributed by atoms with E-state index in [9.17, 15) is 0 Å². The Kier molecular flexibility index (Phi) is 4.63. The molecule has 0 radical (unpaired) electrons. The van der Waals surface area contributed by atoms with Crippen molar-refractivity contribution in [1.29, 1.82) is 0 Å². The Morgan fingerprint density at radius 1 is 1.08 bits per heavy atom. The van der Waals surface area contributed by atoms with Crippen molar-refractivity contribution in [3.63, 3.8) is 0 Å². The molecule has 1 saturated heterocycles. The zero-order chi connectivity index (χ0) is 17.1. The zero-order valence-electron chi connectivity index (χ0n) is 14.3. The summed E-state index contributed by atoms with van der Waals surface area (Å²) >= 11 is 0. The molecule has 2 heterocycles.